The fourth-order valence-corrected chi connectivity index (χ4v) is 4.33. The van der Waals surface area contributed by atoms with Crippen molar-refractivity contribution in [2.45, 2.75) is 30.3 Å². The van der Waals surface area contributed by atoms with Gasteiger partial charge in [-0.3, -0.25) is 4.79 Å². The van der Waals surface area contributed by atoms with E-state index in [0.717, 1.165) is 17.1 Å². The lowest BCUT2D eigenvalue weighted by Gasteiger charge is -2.22. The van der Waals surface area contributed by atoms with E-state index in [1.165, 1.54) is 12.1 Å². The topological polar surface area (TPSA) is 66.5 Å². The summed E-state index contributed by atoms with van der Waals surface area (Å²) >= 11 is 12.1. The summed E-state index contributed by atoms with van der Waals surface area (Å²) in [5.74, 6) is -0.322. The van der Waals surface area contributed by atoms with Crippen LogP contribution in [0.1, 0.15) is 18.4 Å². The molecule has 0 bridgehead atoms. The minimum absolute atomic E-state index is 0.0225. The highest BCUT2D eigenvalue weighted by Crippen LogP contribution is 2.25. The number of halogens is 2. The van der Waals surface area contributed by atoms with Gasteiger partial charge in [-0.2, -0.15) is 4.31 Å². The fraction of sp³-hybridized carbons (Fsp3) is 0.278. The second-order valence-corrected chi connectivity index (χ2v) is 8.95. The summed E-state index contributed by atoms with van der Waals surface area (Å²) in [6, 6.07) is 13.0. The van der Waals surface area contributed by atoms with Gasteiger partial charge in [-0.05, 0) is 42.7 Å². The molecule has 0 heterocycles. The summed E-state index contributed by atoms with van der Waals surface area (Å²) in [5.41, 5.74) is 0.579. The third kappa shape index (κ3) is 4.76. The van der Waals surface area contributed by atoms with Crippen molar-refractivity contribution >= 4 is 39.1 Å². The highest BCUT2D eigenvalue weighted by molar-refractivity contribution is 7.89. The smallest absolute Gasteiger partial charge is 0.243 e. The number of nitrogens with one attached hydrogen (secondary N) is 1. The van der Waals surface area contributed by atoms with Gasteiger partial charge in [-0.15, -0.1) is 0 Å². The van der Waals surface area contributed by atoms with Gasteiger partial charge in [0, 0.05) is 22.6 Å². The Labute approximate surface area is 163 Å². The molecule has 0 radical (unpaired) electrons. The maximum Gasteiger partial charge on any atom is 0.243 e. The zero-order valence-corrected chi connectivity index (χ0v) is 16.2. The number of rotatable bonds is 7. The van der Waals surface area contributed by atoms with Gasteiger partial charge in [0.1, 0.15) is 0 Å². The van der Waals surface area contributed by atoms with Crippen LogP contribution in [0.15, 0.2) is 53.4 Å². The van der Waals surface area contributed by atoms with Crippen molar-refractivity contribution in [2.75, 3.05) is 6.54 Å². The molecular formula is C18H18Cl2N2O3S. The van der Waals surface area contributed by atoms with Crippen LogP contribution >= 0.6 is 23.2 Å². The standard InChI is InChI=1S/C18H18Cl2N2O3S/c19-14-7-6-13(17(20)10-14)11-22(12-18(23)21-15-8-9-15)26(24,25)16-4-2-1-3-5-16/h1-7,10,15H,8-9,11-12H2,(H,21,23). The molecule has 0 spiro atoms. The summed E-state index contributed by atoms with van der Waals surface area (Å²) in [6.07, 6.45) is 1.86. The number of carbonyl (C=O) groups excluding carboxylic acids is 1. The Morgan fingerprint density at radius 2 is 1.81 bits per heavy atom. The van der Waals surface area contributed by atoms with E-state index in [4.69, 9.17) is 23.2 Å². The number of hydrogen-bond acceptors (Lipinski definition) is 3. The van der Waals surface area contributed by atoms with Crippen molar-refractivity contribution < 1.29 is 13.2 Å². The molecule has 1 N–H and O–H groups in total. The Hall–Kier alpha value is -1.60. The van der Waals surface area contributed by atoms with Crippen molar-refractivity contribution in [2.24, 2.45) is 0 Å². The first-order valence-electron chi connectivity index (χ1n) is 8.15. The molecule has 0 aliphatic heterocycles. The summed E-state index contributed by atoms with van der Waals surface area (Å²) in [7, 11) is -3.86. The summed E-state index contributed by atoms with van der Waals surface area (Å²) in [4.78, 5) is 12.4. The van der Waals surface area contributed by atoms with E-state index in [9.17, 15) is 13.2 Å². The minimum Gasteiger partial charge on any atom is -0.352 e. The predicted molar refractivity (Wildman–Crippen MR) is 102 cm³/mol. The Morgan fingerprint density at radius 1 is 1.12 bits per heavy atom. The Bertz CT molecular complexity index is 900. The highest BCUT2D eigenvalue weighted by atomic mass is 35.5. The van der Waals surface area contributed by atoms with Crippen LogP contribution < -0.4 is 5.32 Å². The van der Waals surface area contributed by atoms with Gasteiger partial charge in [-0.1, -0.05) is 47.5 Å². The van der Waals surface area contributed by atoms with E-state index in [-0.39, 0.29) is 29.9 Å². The first-order chi connectivity index (χ1) is 12.4. The van der Waals surface area contributed by atoms with E-state index in [1.54, 1.807) is 36.4 Å². The van der Waals surface area contributed by atoms with Gasteiger partial charge in [0.15, 0.2) is 0 Å². The molecule has 138 valence electrons. The van der Waals surface area contributed by atoms with Crippen LogP contribution in [0.5, 0.6) is 0 Å². The average molecular weight is 413 g/mol. The molecule has 8 heteroatoms. The quantitative estimate of drug-likeness (QED) is 0.756. The molecule has 0 saturated heterocycles. The Morgan fingerprint density at radius 3 is 2.42 bits per heavy atom. The number of sulfonamides is 1. The lowest BCUT2D eigenvalue weighted by Crippen LogP contribution is -2.41. The zero-order valence-electron chi connectivity index (χ0n) is 13.9. The molecule has 1 fully saturated rings. The van der Waals surface area contributed by atoms with Gasteiger partial charge in [0.25, 0.3) is 0 Å². The molecular weight excluding hydrogens is 395 g/mol. The molecule has 0 atom stereocenters. The van der Waals surface area contributed by atoms with Gasteiger partial charge in [0.2, 0.25) is 15.9 Å². The van der Waals surface area contributed by atoms with Crippen LogP contribution in [-0.2, 0) is 21.4 Å². The monoisotopic (exact) mass is 412 g/mol. The summed E-state index contributed by atoms with van der Waals surface area (Å²) < 4.78 is 27.2. The third-order valence-corrected chi connectivity index (χ3v) is 6.40. The summed E-state index contributed by atoms with van der Waals surface area (Å²) in [6.45, 7) is -0.294. The first kappa shape index (κ1) is 19.2. The van der Waals surface area contributed by atoms with Crippen LogP contribution in [0.25, 0.3) is 0 Å². The van der Waals surface area contributed by atoms with Crippen LogP contribution in [0.4, 0.5) is 0 Å². The molecule has 1 amide bonds. The van der Waals surface area contributed by atoms with Gasteiger partial charge in [-0.25, -0.2) is 8.42 Å². The van der Waals surface area contributed by atoms with Crippen molar-refractivity contribution in [1.82, 2.24) is 9.62 Å². The molecule has 1 saturated carbocycles. The lowest BCUT2D eigenvalue weighted by atomic mass is 10.2. The van der Waals surface area contributed by atoms with Crippen LogP contribution in [0.2, 0.25) is 10.0 Å². The van der Waals surface area contributed by atoms with E-state index in [0.29, 0.717) is 15.6 Å². The maximum atomic E-state index is 13.0. The van der Waals surface area contributed by atoms with Crippen molar-refractivity contribution in [3.05, 3.63) is 64.1 Å². The average Bonchev–Trinajstić information content (AvgIpc) is 3.41. The third-order valence-electron chi connectivity index (χ3n) is 4.01. The second kappa shape index (κ2) is 7.96. The Kier molecular flexibility index (Phi) is 5.87. The SMILES string of the molecule is O=C(CN(Cc1ccc(Cl)cc1Cl)S(=O)(=O)c1ccccc1)NC1CC1. The molecule has 5 nitrogen and oxygen atoms in total. The number of benzene rings is 2. The number of hydrogen-bond donors (Lipinski definition) is 1. The molecule has 2 aromatic carbocycles. The lowest BCUT2D eigenvalue weighted by molar-refractivity contribution is -0.121. The molecule has 2 aromatic rings. The molecule has 3 rings (SSSR count). The first-order valence-corrected chi connectivity index (χ1v) is 10.3. The highest BCUT2D eigenvalue weighted by Gasteiger charge is 2.30. The van der Waals surface area contributed by atoms with Crippen LogP contribution in [-0.4, -0.2) is 31.2 Å². The van der Waals surface area contributed by atoms with E-state index < -0.39 is 10.0 Å². The van der Waals surface area contributed by atoms with E-state index >= 15 is 0 Å². The molecule has 0 unspecified atom stereocenters. The minimum atomic E-state index is -3.86. The molecule has 0 aromatic heterocycles. The van der Waals surface area contributed by atoms with Gasteiger partial charge >= 0.3 is 0 Å². The van der Waals surface area contributed by atoms with Gasteiger partial charge in [0.05, 0.1) is 11.4 Å². The largest absolute Gasteiger partial charge is 0.352 e. The zero-order chi connectivity index (χ0) is 18.7. The normalized spacial score (nSPS) is 14.4. The van der Waals surface area contributed by atoms with E-state index in [2.05, 4.69) is 5.32 Å². The Balaban J connectivity index is 1.88. The fourth-order valence-electron chi connectivity index (χ4n) is 2.47. The molecule has 26 heavy (non-hydrogen) atoms. The van der Waals surface area contributed by atoms with E-state index in [1.807, 2.05) is 0 Å². The predicted octanol–water partition coefficient (Wildman–Crippen LogP) is 3.46. The number of amides is 1. The number of carbonyl (C=O) groups is 1. The van der Waals surface area contributed by atoms with Crippen molar-refractivity contribution in [3.63, 3.8) is 0 Å². The molecule has 1 aliphatic carbocycles. The molecule has 1 aliphatic rings. The van der Waals surface area contributed by atoms with Crippen LogP contribution in [0, 0.1) is 0 Å². The second-order valence-electron chi connectivity index (χ2n) is 6.16. The van der Waals surface area contributed by atoms with Crippen molar-refractivity contribution in [3.8, 4) is 0 Å². The summed E-state index contributed by atoms with van der Waals surface area (Å²) in [5, 5.41) is 3.63. The maximum absolute atomic E-state index is 13.0. The number of nitrogens with zero attached hydrogens (tertiary/aromatic N) is 1. The van der Waals surface area contributed by atoms with Crippen LogP contribution in [0.3, 0.4) is 0 Å². The van der Waals surface area contributed by atoms with Crippen molar-refractivity contribution in [1.29, 1.82) is 0 Å². The van der Waals surface area contributed by atoms with Gasteiger partial charge < -0.3 is 5.32 Å².